The van der Waals surface area contributed by atoms with Crippen molar-refractivity contribution in [3.63, 3.8) is 0 Å². The summed E-state index contributed by atoms with van der Waals surface area (Å²) in [7, 11) is -3.34. The van der Waals surface area contributed by atoms with E-state index < -0.39 is 10.2 Å². The lowest BCUT2D eigenvalue weighted by atomic mass is 10.4. The lowest BCUT2D eigenvalue weighted by Crippen LogP contribution is -2.41. The lowest BCUT2D eigenvalue weighted by molar-refractivity contribution is 0.161. The van der Waals surface area contributed by atoms with Gasteiger partial charge in [-0.25, -0.2) is 0 Å². The second kappa shape index (κ2) is 7.78. The van der Waals surface area contributed by atoms with E-state index in [2.05, 4.69) is 11.3 Å². The van der Waals surface area contributed by atoms with E-state index >= 15 is 0 Å². The maximum atomic E-state index is 11.6. The van der Waals surface area contributed by atoms with E-state index in [4.69, 9.17) is 4.74 Å². The van der Waals surface area contributed by atoms with Gasteiger partial charge in [-0.1, -0.05) is 26.0 Å². The largest absolute Gasteiger partial charge is 0.376 e. The third kappa shape index (κ3) is 6.22. The number of hydrogen-bond acceptors (Lipinski definition) is 3. The smallest absolute Gasteiger partial charge is 0.279 e. The summed E-state index contributed by atoms with van der Waals surface area (Å²) in [6, 6.07) is 0. The predicted octanol–water partition coefficient (Wildman–Crippen LogP) is 0.755. The average molecular weight is 250 g/mol. The first kappa shape index (κ1) is 15.6. The Kier molecular flexibility index (Phi) is 7.57. The van der Waals surface area contributed by atoms with Gasteiger partial charge in [0.1, 0.15) is 0 Å². The first-order valence-electron chi connectivity index (χ1n) is 5.40. The van der Waals surface area contributed by atoms with Gasteiger partial charge < -0.3 is 4.74 Å². The monoisotopic (exact) mass is 250 g/mol. The maximum absolute atomic E-state index is 11.6. The van der Waals surface area contributed by atoms with Gasteiger partial charge in [-0.05, 0) is 6.92 Å². The molecule has 0 aromatic rings. The summed E-state index contributed by atoms with van der Waals surface area (Å²) in [6.07, 6.45) is 0. The highest BCUT2D eigenvalue weighted by molar-refractivity contribution is 7.87. The maximum Gasteiger partial charge on any atom is 0.279 e. The first-order chi connectivity index (χ1) is 7.44. The minimum absolute atomic E-state index is 0.284. The molecular weight excluding hydrogens is 228 g/mol. The summed E-state index contributed by atoms with van der Waals surface area (Å²) in [5, 5.41) is 0. The second-order valence-electron chi connectivity index (χ2n) is 3.49. The van der Waals surface area contributed by atoms with Crippen LogP contribution < -0.4 is 4.72 Å². The van der Waals surface area contributed by atoms with Gasteiger partial charge in [0.05, 0.1) is 13.2 Å². The molecule has 0 aromatic carbocycles. The molecule has 0 unspecified atom stereocenters. The van der Waals surface area contributed by atoms with Crippen molar-refractivity contribution in [3.05, 3.63) is 12.2 Å². The van der Waals surface area contributed by atoms with E-state index in [0.29, 0.717) is 26.3 Å². The Morgan fingerprint density at radius 3 is 2.38 bits per heavy atom. The Labute approximate surface area is 98.7 Å². The minimum Gasteiger partial charge on any atom is -0.376 e. The topological polar surface area (TPSA) is 58.6 Å². The second-order valence-corrected chi connectivity index (χ2v) is 5.25. The number of nitrogens with one attached hydrogen (secondary N) is 1. The van der Waals surface area contributed by atoms with Crippen LogP contribution in [0.3, 0.4) is 0 Å². The summed E-state index contributed by atoms with van der Waals surface area (Å²) < 4.78 is 32.3. The summed E-state index contributed by atoms with van der Waals surface area (Å²) >= 11 is 0. The molecule has 0 bridgehead atoms. The SMILES string of the molecule is C=C(C)COCCNS(=O)(=O)N(CC)CC. The van der Waals surface area contributed by atoms with E-state index in [0.717, 1.165) is 5.57 Å². The van der Waals surface area contributed by atoms with Crippen molar-refractivity contribution in [1.82, 2.24) is 9.03 Å². The Morgan fingerprint density at radius 2 is 1.94 bits per heavy atom. The predicted molar refractivity (Wildman–Crippen MR) is 65.5 cm³/mol. The van der Waals surface area contributed by atoms with Crippen LogP contribution in [0.1, 0.15) is 20.8 Å². The zero-order valence-electron chi connectivity index (χ0n) is 10.3. The fourth-order valence-electron chi connectivity index (χ4n) is 1.14. The van der Waals surface area contributed by atoms with Gasteiger partial charge >= 0.3 is 0 Å². The third-order valence-electron chi connectivity index (χ3n) is 1.92. The van der Waals surface area contributed by atoms with Crippen molar-refractivity contribution in [1.29, 1.82) is 0 Å². The molecule has 0 atom stereocenters. The molecule has 16 heavy (non-hydrogen) atoms. The van der Waals surface area contributed by atoms with Crippen LogP contribution >= 0.6 is 0 Å². The lowest BCUT2D eigenvalue weighted by Gasteiger charge is -2.18. The third-order valence-corrected chi connectivity index (χ3v) is 3.69. The normalized spacial score (nSPS) is 12.0. The highest BCUT2D eigenvalue weighted by atomic mass is 32.2. The van der Waals surface area contributed by atoms with Gasteiger partial charge in [-0.2, -0.15) is 17.4 Å². The summed E-state index contributed by atoms with van der Waals surface area (Å²) in [5.74, 6) is 0. The van der Waals surface area contributed by atoms with Crippen molar-refractivity contribution in [2.75, 3.05) is 32.8 Å². The molecule has 0 heterocycles. The standard InChI is InChI=1S/C10H22N2O3S/c1-5-12(6-2)16(13,14)11-7-8-15-9-10(3)4/h11H,3,5-9H2,1-2,4H3. The molecule has 0 aliphatic rings. The van der Waals surface area contributed by atoms with Gasteiger partial charge in [0.15, 0.2) is 0 Å². The zero-order valence-corrected chi connectivity index (χ0v) is 11.1. The van der Waals surface area contributed by atoms with E-state index in [1.165, 1.54) is 4.31 Å². The number of hydrogen-bond donors (Lipinski definition) is 1. The Bertz CT molecular complexity index is 297. The molecule has 5 nitrogen and oxygen atoms in total. The summed E-state index contributed by atoms with van der Waals surface area (Å²) in [6.45, 7) is 11.2. The highest BCUT2D eigenvalue weighted by Crippen LogP contribution is 1.96. The van der Waals surface area contributed by atoms with Crippen LogP contribution in [-0.2, 0) is 14.9 Å². The van der Waals surface area contributed by atoms with E-state index in [9.17, 15) is 8.42 Å². The van der Waals surface area contributed by atoms with Crippen LogP contribution in [0.4, 0.5) is 0 Å². The molecule has 0 saturated carbocycles. The van der Waals surface area contributed by atoms with E-state index in [1.54, 1.807) is 13.8 Å². The highest BCUT2D eigenvalue weighted by Gasteiger charge is 2.16. The number of nitrogens with zero attached hydrogens (tertiary/aromatic N) is 1. The fraction of sp³-hybridized carbons (Fsp3) is 0.800. The van der Waals surface area contributed by atoms with Crippen LogP contribution in [0.2, 0.25) is 0 Å². The minimum atomic E-state index is -3.34. The molecule has 0 fully saturated rings. The molecule has 0 aliphatic heterocycles. The molecule has 0 aliphatic carbocycles. The van der Waals surface area contributed by atoms with Crippen molar-refractivity contribution < 1.29 is 13.2 Å². The Morgan fingerprint density at radius 1 is 1.38 bits per heavy atom. The van der Waals surface area contributed by atoms with Gasteiger partial charge in [0.25, 0.3) is 10.2 Å². The van der Waals surface area contributed by atoms with Crippen molar-refractivity contribution in [2.45, 2.75) is 20.8 Å². The van der Waals surface area contributed by atoms with Crippen LogP contribution in [0.25, 0.3) is 0 Å². The number of rotatable bonds is 9. The first-order valence-corrected chi connectivity index (χ1v) is 6.84. The van der Waals surface area contributed by atoms with Crippen molar-refractivity contribution >= 4 is 10.2 Å². The average Bonchev–Trinajstić information content (AvgIpc) is 2.17. The molecule has 0 aromatic heterocycles. The zero-order chi connectivity index (χ0) is 12.6. The molecule has 0 amide bonds. The quantitative estimate of drug-likeness (QED) is 0.485. The van der Waals surface area contributed by atoms with Gasteiger partial charge in [0, 0.05) is 19.6 Å². The molecule has 0 spiro atoms. The van der Waals surface area contributed by atoms with Gasteiger partial charge in [0.2, 0.25) is 0 Å². The molecule has 96 valence electrons. The van der Waals surface area contributed by atoms with Crippen LogP contribution in [0.15, 0.2) is 12.2 Å². The van der Waals surface area contributed by atoms with Crippen LogP contribution in [-0.4, -0.2) is 45.6 Å². The van der Waals surface area contributed by atoms with E-state index in [1.807, 2.05) is 6.92 Å². The molecule has 0 radical (unpaired) electrons. The Hall–Kier alpha value is -0.430. The van der Waals surface area contributed by atoms with Gasteiger partial charge in [-0.3, -0.25) is 0 Å². The fourth-order valence-corrected chi connectivity index (χ4v) is 2.35. The van der Waals surface area contributed by atoms with Gasteiger partial charge in [-0.15, -0.1) is 0 Å². The van der Waals surface area contributed by atoms with Crippen molar-refractivity contribution in [2.24, 2.45) is 0 Å². The van der Waals surface area contributed by atoms with E-state index in [-0.39, 0.29) is 6.54 Å². The van der Waals surface area contributed by atoms with Crippen LogP contribution in [0, 0.1) is 0 Å². The number of ether oxygens (including phenoxy) is 1. The molecule has 0 saturated heterocycles. The molecule has 0 rings (SSSR count). The Balaban J connectivity index is 3.87. The summed E-state index contributed by atoms with van der Waals surface area (Å²) in [5.41, 5.74) is 0.923. The van der Waals surface area contributed by atoms with Crippen LogP contribution in [0.5, 0.6) is 0 Å². The van der Waals surface area contributed by atoms with Crippen molar-refractivity contribution in [3.8, 4) is 0 Å². The molecule has 6 heteroatoms. The summed E-state index contributed by atoms with van der Waals surface area (Å²) in [4.78, 5) is 0. The molecular formula is C10H22N2O3S. The molecule has 1 N–H and O–H groups in total.